The fourth-order valence-corrected chi connectivity index (χ4v) is 2.71. The van der Waals surface area contributed by atoms with E-state index in [0.717, 1.165) is 24.0 Å². The molecule has 0 aliphatic heterocycles. The largest absolute Gasteiger partial charge is 0.334 e. The lowest BCUT2D eigenvalue weighted by atomic mass is 10.2. The maximum absolute atomic E-state index is 4.81. The predicted octanol–water partition coefficient (Wildman–Crippen LogP) is 4.66. The number of rotatable bonds is 6. The Morgan fingerprint density at radius 3 is 2.16 bits per heavy atom. The van der Waals surface area contributed by atoms with Crippen molar-refractivity contribution in [3.8, 4) is 0 Å². The SMILES string of the molecule is CC(C)N(Cc1ccccc1)c1nccc(N(C)c2ccccc2)n1. The number of hydrogen-bond donors (Lipinski definition) is 0. The van der Waals surface area contributed by atoms with Crippen LogP contribution in [-0.4, -0.2) is 23.1 Å². The molecule has 4 heteroatoms. The lowest BCUT2D eigenvalue weighted by Gasteiger charge is -2.28. The van der Waals surface area contributed by atoms with Gasteiger partial charge in [-0.2, -0.15) is 4.98 Å². The minimum atomic E-state index is 0.303. The van der Waals surface area contributed by atoms with E-state index in [4.69, 9.17) is 4.98 Å². The second-order valence-corrected chi connectivity index (χ2v) is 6.32. The Hall–Kier alpha value is -2.88. The summed E-state index contributed by atoms with van der Waals surface area (Å²) in [6.45, 7) is 5.12. The number of aromatic nitrogens is 2. The highest BCUT2D eigenvalue weighted by atomic mass is 15.3. The van der Waals surface area contributed by atoms with Crippen LogP contribution in [0.15, 0.2) is 72.9 Å². The molecule has 0 amide bonds. The lowest BCUT2D eigenvalue weighted by Crippen LogP contribution is -2.32. The van der Waals surface area contributed by atoms with Crippen LogP contribution < -0.4 is 9.80 Å². The molecule has 3 rings (SSSR count). The molecule has 0 aliphatic carbocycles. The molecule has 0 bridgehead atoms. The van der Waals surface area contributed by atoms with E-state index in [1.807, 2.05) is 43.6 Å². The van der Waals surface area contributed by atoms with Gasteiger partial charge < -0.3 is 9.80 Å². The summed E-state index contributed by atoms with van der Waals surface area (Å²) in [5, 5.41) is 0. The van der Waals surface area contributed by atoms with E-state index in [9.17, 15) is 0 Å². The molecule has 128 valence electrons. The summed E-state index contributed by atoms with van der Waals surface area (Å²) in [6.07, 6.45) is 1.83. The Kier molecular flexibility index (Phi) is 5.29. The van der Waals surface area contributed by atoms with Gasteiger partial charge in [0.1, 0.15) is 5.82 Å². The highest BCUT2D eigenvalue weighted by Gasteiger charge is 2.16. The van der Waals surface area contributed by atoms with E-state index in [2.05, 4.69) is 65.0 Å². The summed E-state index contributed by atoms with van der Waals surface area (Å²) in [6, 6.07) is 22.9. The van der Waals surface area contributed by atoms with Gasteiger partial charge >= 0.3 is 0 Å². The average Bonchev–Trinajstić information content (AvgIpc) is 2.67. The van der Waals surface area contributed by atoms with Crippen LogP contribution in [0.25, 0.3) is 0 Å². The van der Waals surface area contributed by atoms with E-state index >= 15 is 0 Å². The molecule has 1 heterocycles. The van der Waals surface area contributed by atoms with Crippen LogP contribution in [-0.2, 0) is 6.54 Å². The number of anilines is 3. The van der Waals surface area contributed by atoms with Crippen LogP contribution >= 0.6 is 0 Å². The van der Waals surface area contributed by atoms with Gasteiger partial charge in [-0.15, -0.1) is 0 Å². The maximum Gasteiger partial charge on any atom is 0.227 e. The Balaban J connectivity index is 1.88. The predicted molar refractivity (Wildman–Crippen MR) is 104 cm³/mol. The quantitative estimate of drug-likeness (QED) is 0.657. The summed E-state index contributed by atoms with van der Waals surface area (Å²) in [5.74, 6) is 1.63. The molecule has 4 nitrogen and oxygen atoms in total. The number of nitrogens with zero attached hydrogens (tertiary/aromatic N) is 4. The zero-order valence-electron chi connectivity index (χ0n) is 15.0. The van der Waals surface area contributed by atoms with Gasteiger partial charge in [0.05, 0.1) is 0 Å². The van der Waals surface area contributed by atoms with Crippen molar-refractivity contribution in [3.05, 3.63) is 78.5 Å². The smallest absolute Gasteiger partial charge is 0.227 e. The molecule has 3 aromatic rings. The van der Waals surface area contributed by atoms with Crippen molar-refractivity contribution in [2.45, 2.75) is 26.4 Å². The fraction of sp³-hybridized carbons (Fsp3) is 0.238. The summed E-state index contributed by atoms with van der Waals surface area (Å²) >= 11 is 0. The van der Waals surface area contributed by atoms with Gasteiger partial charge in [-0.25, -0.2) is 4.98 Å². The Morgan fingerprint density at radius 1 is 0.880 bits per heavy atom. The van der Waals surface area contributed by atoms with Crippen LogP contribution in [0.5, 0.6) is 0 Å². The van der Waals surface area contributed by atoms with Crippen molar-refractivity contribution < 1.29 is 0 Å². The highest BCUT2D eigenvalue weighted by molar-refractivity contribution is 5.59. The topological polar surface area (TPSA) is 32.3 Å². The standard InChI is InChI=1S/C21H24N4/c1-17(2)25(16-18-10-6-4-7-11-18)21-22-15-14-20(23-21)24(3)19-12-8-5-9-13-19/h4-15,17H,16H2,1-3H3. The second-order valence-electron chi connectivity index (χ2n) is 6.32. The van der Waals surface area contributed by atoms with Gasteiger partial charge in [-0.3, -0.25) is 0 Å². The normalized spacial score (nSPS) is 10.7. The van der Waals surface area contributed by atoms with Crippen LogP contribution in [0.1, 0.15) is 19.4 Å². The Labute approximate surface area is 149 Å². The summed E-state index contributed by atoms with van der Waals surface area (Å²) in [7, 11) is 2.03. The van der Waals surface area contributed by atoms with Crippen LogP contribution in [0.4, 0.5) is 17.5 Å². The molecule has 0 spiro atoms. The van der Waals surface area contributed by atoms with Gasteiger partial charge in [-0.05, 0) is 37.6 Å². The molecule has 1 aromatic heterocycles. The summed E-state index contributed by atoms with van der Waals surface area (Å²) < 4.78 is 0. The highest BCUT2D eigenvalue weighted by Crippen LogP contribution is 2.23. The fourth-order valence-electron chi connectivity index (χ4n) is 2.71. The molecular weight excluding hydrogens is 308 g/mol. The van der Waals surface area contributed by atoms with E-state index in [1.54, 1.807) is 0 Å². The van der Waals surface area contributed by atoms with Crippen molar-refractivity contribution in [3.63, 3.8) is 0 Å². The maximum atomic E-state index is 4.81. The molecule has 2 aromatic carbocycles. The van der Waals surface area contributed by atoms with Crippen LogP contribution in [0, 0.1) is 0 Å². The van der Waals surface area contributed by atoms with Crippen LogP contribution in [0.3, 0.4) is 0 Å². The Morgan fingerprint density at radius 2 is 1.52 bits per heavy atom. The minimum Gasteiger partial charge on any atom is -0.334 e. The molecule has 0 aliphatic rings. The minimum absolute atomic E-state index is 0.303. The van der Waals surface area contributed by atoms with Crippen molar-refractivity contribution in [2.75, 3.05) is 16.8 Å². The number of benzene rings is 2. The van der Waals surface area contributed by atoms with Crippen LogP contribution in [0.2, 0.25) is 0 Å². The zero-order valence-corrected chi connectivity index (χ0v) is 15.0. The first-order valence-corrected chi connectivity index (χ1v) is 8.57. The van der Waals surface area contributed by atoms with Crippen molar-refractivity contribution in [1.29, 1.82) is 0 Å². The van der Waals surface area contributed by atoms with E-state index in [-0.39, 0.29) is 0 Å². The van der Waals surface area contributed by atoms with Crippen molar-refractivity contribution >= 4 is 17.5 Å². The second kappa shape index (κ2) is 7.79. The van der Waals surface area contributed by atoms with Crippen molar-refractivity contribution in [2.24, 2.45) is 0 Å². The van der Waals surface area contributed by atoms with Gasteiger partial charge in [0.25, 0.3) is 0 Å². The first-order valence-electron chi connectivity index (χ1n) is 8.57. The monoisotopic (exact) mass is 332 g/mol. The van der Waals surface area contributed by atoms with Gasteiger partial charge in [0, 0.05) is 31.5 Å². The molecule has 0 unspecified atom stereocenters. The van der Waals surface area contributed by atoms with Gasteiger partial charge in [0.2, 0.25) is 5.95 Å². The zero-order chi connectivity index (χ0) is 17.6. The van der Waals surface area contributed by atoms with Gasteiger partial charge in [0.15, 0.2) is 0 Å². The van der Waals surface area contributed by atoms with E-state index in [1.165, 1.54) is 5.56 Å². The summed E-state index contributed by atoms with van der Waals surface area (Å²) in [4.78, 5) is 13.6. The third kappa shape index (κ3) is 4.15. The molecular formula is C21H24N4. The third-order valence-electron chi connectivity index (χ3n) is 4.19. The molecule has 0 N–H and O–H groups in total. The molecule has 0 fully saturated rings. The third-order valence-corrected chi connectivity index (χ3v) is 4.19. The average molecular weight is 332 g/mol. The van der Waals surface area contributed by atoms with E-state index in [0.29, 0.717) is 6.04 Å². The van der Waals surface area contributed by atoms with Crippen molar-refractivity contribution in [1.82, 2.24) is 9.97 Å². The molecule has 0 atom stereocenters. The lowest BCUT2D eigenvalue weighted by molar-refractivity contribution is 0.660. The van der Waals surface area contributed by atoms with Gasteiger partial charge in [-0.1, -0.05) is 48.5 Å². The molecule has 0 radical (unpaired) electrons. The van der Waals surface area contributed by atoms with E-state index < -0.39 is 0 Å². The number of para-hydroxylation sites is 1. The molecule has 0 saturated carbocycles. The molecule has 25 heavy (non-hydrogen) atoms. The first kappa shape index (κ1) is 17.0. The summed E-state index contributed by atoms with van der Waals surface area (Å²) in [5.41, 5.74) is 2.35. The molecule has 0 saturated heterocycles. The number of hydrogen-bond acceptors (Lipinski definition) is 4. The first-order chi connectivity index (χ1) is 12.1. The Bertz CT molecular complexity index is 787.